The lowest BCUT2D eigenvalue weighted by Crippen LogP contribution is -2.50. The van der Waals surface area contributed by atoms with E-state index in [1.165, 1.54) is 10.4 Å². The van der Waals surface area contributed by atoms with Crippen molar-refractivity contribution in [1.82, 2.24) is 9.80 Å². The summed E-state index contributed by atoms with van der Waals surface area (Å²) in [6.45, 7) is 1.65. The van der Waals surface area contributed by atoms with Crippen LogP contribution in [0.3, 0.4) is 0 Å². The number of likely N-dealkylation sites (tertiary alicyclic amines) is 1. The molecule has 4 rings (SSSR count). The van der Waals surface area contributed by atoms with Crippen LogP contribution in [0.25, 0.3) is 0 Å². The van der Waals surface area contributed by atoms with Gasteiger partial charge in [-0.2, -0.15) is 0 Å². The van der Waals surface area contributed by atoms with Crippen molar-refractivity contribution in [2.24, 2.45) is 5.92 Å². The lowest BCUT2D eigenvalue weighted by molar-refractivity contribution is -0.133. The minimum atomic E-state index is -3.50. The van der Waals surface area contributed by atoms with Gasteiger partial charge < -0.3 is 14.9 Å². The average Bonchev–Trinajstić information content (AvgIpc) is 2.95. The van der Waals surface area contributed by atoms with Crippen LogP contribution >= 0.6 is 11.6 Å². The van der Waals surface area contributed by atoms with Gasteiger partial charge in [-0.05, 0) is 54.7 Å². The Morgan fingerprint density at radius 2 is 1.85 bits per heavy atom. The number of anilines is 1. The second-order valence-electron chi connectivity index (χ2n) is 9.19. The number of rotatable bonds is 5. The number of halogens is 1. The van der Waals surface area contributed by atoms with Gasteiger partial charge in [0.15, 0.2) is 0 Å². The minimum Gasteiger partial charge on any atom is -0.508 e. The molecule has 178 valence electrons. The Kier molecular flexibility index (Phi) is 6.37. The fourth-order valence-electron chi connectivity index (χ4n) is 5.18. The summed E-state index contributed by atoms with van der Waals surface area (Å²) in [6, 6.07) is 12.3. The highest BCUT2D eigenvalue weighted by atomic mass is 35.5. The zero-order valence-corrected chi connectivity index (χ0v) is 20.7. The molecule has 7 nitrogen and oxygen atoms in total. The maximum absolute atomic E-state index is 13.4. The molecule has 1 N–H and O–H groups in total. The summed E-state index contributed by atoms with van der Waals surface area (Å²) in [5, 5.41) is 10.4. The van der Waals surface area contributed by atoms with E-state index >= 15 is 0 Å². The number of amides is 1. The number of hydrogen-bond donors (Lipinski definition) is 1. The number of benzene rings is 2. The molecule has 1 amide bonds. The first kappa shape index (κ1) is 23.9. The normalized spacial score (nSPS) is 19.9. The zero-order valence-electron chi connectivity index (χ0n) is 19.2. The monoisotopic (exact) mass is 491 g/mol. The summed E-state index contributed by atoms with van der Waals surface area (Å²) >= 11 is 6.32. The molecule has 1 spiro atoms. The Bertz CT molecular complexity index is 1160. The van der Waals surface area contributed by atoms with E-state index in [1.807, 2.05) is 24.3 Å². The topological polar surface area (TPSA) is 81.2 Å². The van der Waals surface area contributed by atoms with E-state index in [9.17, 15) is 18.3 Å². The minimum absolute atomic E-state index is 0.0201. The molecule has 9 heteroatoms. The molecule has 2 aromatic carbocycles. The largest absolute Gasteiger partial charge is 0.508 e. The van der Waals surface area contributed by atoms with Gasteiger partial charge in [-0.3, -0.25) is 9.10 Å². The molecule has 1 fully saturated rings. The third-order valence-corrected chi connectivity index (χ3v) is 9.92. The van der Waals surface area contributed by atoms with Gasteiger partial charge in [-0.15, -0.1) is 0 Å². The molecule has 1 saturated heterocycles. The Hall–Kier alpha value is -2.29. The van der Waals surface area contributed by atoms with E-state index in [1.54, 1.807) is 38.2 Å². The van der Waals surface area contributed by atoms with Crippen LogP contribution in [0, 0.1) is 5.92 Å². The molecule has 2 aromatic rings. The molecule has 2 aliphatic rings. The molecule has 2 heterocycles. The predicted molar refractivity (Wildman–Crippen MR) is 130 cm³/mol. The van der Waals surface area contributed by atoms with Crippen LogP contribution in [0.5, 0.6) is 5.75 Å². The van der Waals surface area contributed by atoms with Crippen LogP contribution < -0.4 is 4.31 Å². The fourth-order valence-corrected chi connectivity index (χ4v) is 7.46. The van der Waals surface area contributed by atoms with Gasteiger partial charge in [0.2, 0.25) is 15.9 Å². The van der Waals surface area contributed by atoms with Crippen molar-refractivity contribution >= 4 is 33.2 Å². The number of piperidine rings is 1. The average molecular weight is 492 g/mol. The Labute approximate surface area is 200 Å². The SMILES string of the molecule is CN(C)C(=O)C(Cc1cc(O)ccc1Cl)CN1CCC2(CC1)c1ccccc1N(C)S2(=O)=O. The number of carbonyl (C=O) groups is 1. The van der Waals surface area contributed by atoms with Crippen LogP contribution in [0.2, 0.25) is 5.02 Å². The van der Waals surface area contributed by atoms with E-state index in [0.717, 1.165) is 16.8 Å². The van der Waals surface area contributed by atoms with Crippen molar-refractivity contribution in [1.29, 1.82) is 0 Å². The van der Waals surface area contributed by atoms with Crippen molar-refractivity contribution in [2.75, 3.05) is 45.1 Å². The van der Waals surface area contributed by atoms with Crippen molar-refractivity contribution < 1.29 is 18.3 Å². The van der Waals surface area contributed by atoms with Gasteiger partial charge in [0.25, 0.3) is 0 Å². The van der Waals surface area contributed by atoms with Crippen LogP contribution in [-0.2, 0) is 26.0 Å². The second-order valence-corrected chi connectivity index (χ2v) is 11.9. The van der Waals surface area contributed by atoms with Gasteiger partial charge >= 0.3 is 0 Å². The smallest absolute Gasteiger partial charge is 0.245 e. The van der Waals surface area contributed by atoms with Crippen LogP contribution in [0.15, 0.2) is 42.5 Å². The molecule has 2 aliphatic heterocycles. The van der Waals surface area contributed by atoms with Gasteiger partial charge in [-0.25, -0.2) is 8.42 Å². The summed E-state index contributed by atoms with van der Waals surface area (Å²) in [5.74, 6) is -0.267. The highest BCUT2D eigenvalue weighted by Gasteiger charge is 2.55. The third-order valence-electron chi connectivity index (χ3n) is 7.02. The van der Waals surface area contributed by atoms with Gasteiger partial charge in [0.1, 0.15) is 10.5 Å². The van der Waals surface area contributed by atoms with Crippen molar-refractivity contribution in [2.45, 2.75) is 24.0 Å². The third kappa shape index (κ3) is 4.09. The van der Waals surface area contributed by atoms with Crippen LogP contribution in [0.4, 0.5) is 5.69 Å². The van der Waals surface area contributed by atoms with Gasteiger partial charge in [0.05, 0.1) is 11.6 Å². The van der Waals surface area contributed by atoms with E-state index in [-0.39, 0.29) is 17.6 Å². The molecular weight excluding hydrogens is 462 g/mol. The zero-order chi connectivity index (χ0) is 24.0. The van der Waals surface area contributed by atoms with Gasteiger partial charge in [-0.1, -0.05) is 29.8 Å². The number of aromatic hydroxyl groups is 1. The molecule has 33 heavy (non-hydrogen) atoms. The molecule has 0 saturated carbocycles. The van der Waals surface area contributed by atoms with E-state index < -0.39 is 14.8 Å². The Morgan fingerprint density at radius 3 is 2.52 bits per heavy atom. The fraction of sp³-hybridized carbons (Fsp3) is 0.458. The molecule has 1 atom stereocenters. The molecule has 0 aliphatic carbocycles. The van der Waals surface area contributed by atoms with Crippen molar-refractivity contribution in [3.05, 3.63) is 58.6 Å². The Morgan fingerprint density at radius 1 is 1.18 bits per heavy atom. The lowest BCUT2D eigenvalue weighted by atomic mass is 9.86. The quantitative estimate of drug-likeness (QED) is 0.695. The van der Waals surface area contributed by atoms with Crippen molar-refractivity contribution in [3.63, 3.8) is 0 Å². The number of phenolic OH excluding ortho intramolecular Hbond substituents is 1. The highest BCUT2D eigenvalue weighted by Crippen LogP contribution is 2.51. The Balaban J connectivity index is 1.54. The number of nitrogens with zero attached hydrogens (tertiary/aromatic N) is 3. The summed E-state index contributed by atoms with van der Waals surface area (Å²) in [7, 11) is 1.57. The first-order chi connectivity index (χ1) is 15.6. The van der Waals surface area contributed by atoms with E-state index in [4.69, 9.17) is 11.6 Å². The number of fused-ring (bicyclic) bond motifs is 2. The summed E-state index contributed by atoms with van der Waals surface area (Å²) in [5.41, 5.74) is 2.35. The maximum atomic E-state index is 13.4. The number of phenols is 1. The summed E-state index contributed by atoms with van der Waals surface area (Å²) in [6.07, 6.45) is 1.36. The number of para-hydroxylation sites is 1. The second kappa shape index (κ2) is 8.81. The first-order valence-corrected chi connectivity index (χ1v) is 12.9. The maximum Gasteiger partial charge on any atom is 0.245 e. The van der Waals surface area contributed by atoms with E-state index in [0.29, 0.717) is 43.9 Å². The predicted octanol–water partition coefficient (Wildman–Crippen LogP) is 3.06. The summed E-state index contributed by atoms with van der Waals surface area (Å²) < 4.78 is 27.2. The van der Waals surface area contributed by atoms with Crippen LogP contribution in [0.1, 0.15) is 24.0 Å². The number of sulfonamides is 1. The lowest BCUT2D eigenvalue weighted by Gasteiger charge is -2.40. The van der Waals surface area contributed by atoms with Crippen LogP contribution in [-0.4, -0.2) is 70.0 Å². The highest BCUT2D eigenvalue weighted by molar-refractivity contribution is 7.94. The molecule has 0 radical (unpaired) electrons. The first-order valence-electron chi connectivity index (χ1n) is 11.1. The standard InChI is InChI=1S/C24H30ClN3O4S/c1-26(2)23(30)18(14-17-15-19(29)8-9-21(17)25)16-28-12-10-24(11-13-28)20-6-4-5-7-22(20)27(3)33(24,31)32/h4-9,15,18,29H,10-14,16H2,1-3H3. The molecule has 0 aromatic heterocycles. The summed E-state index contributed by atoms with van der Waals surface area (Å²) in [4.78, 5) is 16.7. The molecule has 0 bridgehead atoms. The number of carbonyl (C=O) groups excluding carboxylic acids is 1. The van der Waals surface area contributed by atoms with E-state index in [2.05, 4.69) is 4.90 Å². The van der Waals surface area contributed by atoms with Crippen molar-refractivity contribution in [3.8, 4) is 5.75 Å². The molecule has 1 unspecified atom stereocenters. The number of hydrogen-bond acceptors (Lipinski definition) is 5. The molecular formula is C24H30ClN3O4S. The van der Waals surface area contributed by atoms with Gasteiger partial charge in [0, 0.05) is 45.8 Å².